The molecule has 76 valence electrons. The molecule has 1 aliphatic heterocycles. The largest absolute Gasteiger partial charge is 0.332 e. The molecule has 5 heteroatoms. The second-order valence-electron chi connectivity index (χ2n) is 3.38. The van der Waals surface area contributed by atoms with Crippen LogP contribution in [-0.2, 0) is 17.9 Å². The van der Waals surface area contributed by atoms with Crippen molar-refractivity contribution >= 4 is 5.91 Å². The molecule has 0 saturated heterocycles. The Morgan fingerprint density at radius 2 is 2.50 bits per heavy atom. The van der Waals surface area contributed by atoms with E-state index in [1.54, 1.807) is 13.2 Å². The van der Waals surface area contributed by atoms with Gasteiger partial charge in [0.1, 0.15) is 5.82 Å². The second kappa shape index (κ2) is 3.79. The Labute approximate surface area is 82.7 Å². The van der Waals surface area contributed by atoms with Crippen LogP contribution >= 0.6 is 0 Å². The van der Waals surface area contributed by atoms with E-state index in [0.29, 0.717) is 13.1 Å². The quantitative estimate of drug-likeness (QED) is 0.687. The Bertz CT molecular complexity index is 333. The number of fused-ring (bicyclic) bond motifs is 1. The van der Waals surface area contributed by atoms with Crippen molar-refractivity contribution in [3.63, 3.8) is 0 Å². The fourth-order valence-corrected chi connectivity index (χ4v) is 1.65. The van der Waals surface area contributed by atoms with Crippen molar-refractivity contribution in [1.29, 1.82) is 0 Å². The number of nitrogens with one attached hydrogen (secondary N) is 1. The Hall–Kier alpha value is -1.36. The molecule has 0 atom stereocenters. The van der Waals surface area contributed by atoms with Gasteiger partial charge in [-0.1, -0.05) is 0 Å². The molecule has 0 unspecified atom stereocenters. The molecule has 0 bridgehead atoms. The van der Waals surface area contributed by atoms with Gasteiger partial charge in [0.25, 0.3) is 0 Å². The summed E-state index contributed by atoms with van der Waals surface area (Å²) in [5.74, 6) is 1.11. The first-order valence-corrected chi connectivity index (χ1v) is 4.73. The maximum Gasteiger partial charge on any atom is 0.236 e. The third-order valence-electron chi connectivity index (χ3n) is 2.43. The second-order valence-corrected chi connectivity index (χ2v) is 3.38. The van der Waals surface area contributed by atoms with E-state index in [1.165, 1.54) is 0 Å². The molecule has 14 heavy (non-hydrogen) atoms. The lowest BCUT2D eigenvalue weighted by Gasteiger charge is -2.27. The Kier molecular flexibility index (Phi) is 2.49. The molecule has 0 aliphatic carbocycles. The van der Waals surface area contributed by atoms with E-state index in [4.69, 9.17) is 0 Å². The summed E-state index contributed by atoms with van der Waals surface area (Å²) < 4.78 is 2.09. The highest BCUT2D eigenvalue weighted by Crippen LogP contribution is 2.09. The molecule has 1 aromatic rings. The number of carbonyl (C=O) groups is 1. The normalized spacial score (nSPS) is 15.4. The van der Waals surface area contributed by atoms with Crippen molar-refractivity contribution in [2.75, 3.05) is 20.1 Å². The zero-order valence-corrected chi connectivity index (χ0v) is 8.23. The van der Waals surface area contributed by atoms with Crippen LogP contribution < -0.4 is 5.32 Å². The van der Waals surface area contributed by atoms with Gasteiger partial charge in [0, 0.05) is 25.5 Å². The number of carbonyl (C=O) groups excluding carboxylic acids is 1. The van der Waals surface area contributed by atoms with Crippen LogP contribution in [0, 0.1) is 0 Å². The van der Waals surface area contributed by atoms with E-state index in [9.17, 15) is 4.79 Å². The van der Waals surface area contributed by atoms with Gasteiger partial charge in [0.2, 0.25) is 5.91 Å². The minimum absolute atomic E-state index is 0.141. The average molecular weight is 194 g/mol. The Morgan fingerprint density at radius 1 is 1.64 bits per heavy atom. The number of hydrogen-bond acceptors (Lipinski definition) is 3. The highest BCUT2D eigenvalue weighted by atomic mass is 16.2. The number of nitrogens with zero attached hydrogens (tertiary/aromatic N) is 3. The first kappa shape index (κ1) is 9.21. The molecule has 2 rings (SSSR count). The predicted octanol–water partition coefficient (Wildman–Crippen LogP) is -0.555. The van der Waals surface area contributed by atoms with Gasteiger partial charge in [-0.3, -0.25) is 4.79 Å². The van der Waals surface area contributed by atoms with Crippen LogP contribution in [0.5, 0.6) is 0 Å². The third kappa shape index (κ3) is 1.63. The van der Waals surface area contributed by atoms with Crippen molar-refractivity contribution in [2.24, 2.45) is 0 Å². The fourth-order valence-electron chi connectivity index (χ4n) is 1.65. The monoisotopic (exact) mass is 194 g/mol. The van der Waals surface area contributed by atoms with E-state index in [0.717, 1.165) is 18.9 Å². The first-order chi connectivity index (χ1) is 6.81. The van der Waals surface area contributed by atoms with E-state index in [-0.39, 0.29) is 5.91 Å². The van der Waals surface area contributed by atoms with Crippen LogP contribution in [0.2, 0.25) is 0 Å². The SMILES string of the molecule is CNCC(=O)N1CCn2ccnc2C1. The Morgan fingerprint density at radius 3 is 3.29 bits per heavy atom. The zero-order valence-electron chi connectivity index (χ0n) is 8.23. The number of hydrogen-bond donors (Lipinski definition) is 1. The first-order valence-electron chi connectivity index (χ1n) is 4.73. The average Bonchev–Trinajstić information content (AvgIpc) is 2.64. The number of aromatic nitrogens is 2. The molecule has 1 N–H and O–H groups in total. The molecule has 1 aliphatic rings. The molecule has 1 amide bonds. The zero-order chi connectivity index (χ0) is 9.97. The van der Waals surface area contributed by atoms with Crippen molar-refractivity contribution in [2.45, 2.75) is 13.1 Å². The number of likely N-dealkylation sites (N-methyl/N-ethyl adjacent to an activating group) is 1. The number of amides is 1. The van der Waals surface area contributed by atoms with E-state index in [2.05, 4.69) is 14.9 Å². The summed E-state index contributed by atoms with van der Waals surface area (Å²) >= 11 is 0. The topological polar surface area (TPSA) is 50.2 Å². The maximum absolute atomic E-state index is 11.6. The summed E-state index contributed by atoms with van der Waals surface area (Å²) in [6.45, 7) is 2.67. The molecular formula is C9H14N4O. The lowest BCUT2D eigenvalue weighted by Crippen LogP contribution is -2.42. The number of rotatable bonds is 2. The summed E-state index contributed by atoms with van der Waals surface area (Å²) in [5.41, 5.74) is 0. The van der Waals surface area contributed by atoms with Crippen molar-refractivity contribution in [1.82, 2.24) is 19.8 Å². The van der Waals surface area contributed by atoms with Gasteiger partial charge < -0.3 is 14.8 Å². The van der Waals surface area contributed by atoms with Crippen LogP contribution in [0.15, 0.2) is 12.4 Å². The standard InChI is InChI=1S/C9H14N4O/c1-10-6-9(14)13-5-4-12-3-2-11-8(12)7-13/h2-3,10H,4-7H2,1H3. The van der Waals surface area contributed by atoms with Crippen LogP contribution in [0.4, 0.5) is 0 Å². The van der Waals surface area contributed by atoms with Gasteiger partial charge in [-0.2, -0.15) is 0 Å². The molecule has 0 spiro atoms. The summed E-state index contributed by atoms with van der Waals surface area (Å²) in [5, 5.41) is 2.86. The third-order valence-corrected chi connectivity index (χ3v) is 2.43. The van der Waals surface area contributed by atoms with Crippen molar-refractivity contribution in [3.8, 4) is 0 Å². The van der Waals surface area contributed by atoms with Gasteiger partial charge in [-0.25, -0.2) is 4.98 Å². The van der Waals surface area contributed by atoms with Crippen molar-refractivity contribution < 1.29 is 4.79 Å². The van der Waals surface area contributed by atoms with Crippen LogP contribution in [0.25, 0.3) is 0 Å². The van der Waals surface area contributed by atoms with Crippen molar-refractivity contribution in [3.05, 3.63) is 18.2 Å². The van der Waals surface area contributed by atoms with Crippen LogP contribution in [0.3, 0.4) is 0 Å². The highest BCUT2D eigenvalue weighted by Gasteiger charge is 2.19. The predicted molar refractivity (Wildman–Crippen MR) is 51.6 cm³/mol. The molecule has 0 radical (unpaired) electrons. The lowest BCUT2D eigenvalue weighted by atomic mass is 10.3. The van der Waals surface area contributed by atoms with Crippen LogP contribution in [0.1, 0.15) is 5.82 Å². The minimum Gasteiger partial charge on any atom is -0.332 e. The van der Waals surface area contributed by atoms with Gasteiger partial charge in [-0.15, -0.1) is 0 Å². The number of imidazole rings is 1. The van der Waals surface area contributed by atoms with Gasteiger partial charge in [0.15, 0.2) is 0 Å². The van der Waals surface area contributed by atoms with E-state index < -0.39 is 0 Å². The van der Waals surface area contributed by atoms with Crippen LogP contribution in [-0.4, -0.2) is 40.5 Å². The molecule has 2 heterocycles. The smallest absolute Gasteiger partial charge is 0.236 e. The molecule has 5 nitrogen and oxygen atoms in total. The Balaban J connectivity index is 2.04. The molecule has 0 aromatic carbocycles. The molecule has 1 aromatic heterocycles. The molecule has 0 fully saturated rings. The molecular weight excluding hydrogens is 180 g/mol. The summed E-state index contributed by atoms with van der Waals surface area (Å²) in [4.78, 5) is 17.6. The van der Waals surface area contributed by atoms with Gasteiger partial charge in [0.05, 0.1) is 13.1 Å². The molecule has 0 saturated carbocycles. The highest BCUT2D eigenvalue weighted by molar-refractivity contribution is 5.78. The summed E-state index contributed by atoms with van der Waals surface area (Å²) in [7, 11) is 1.78. The van der Waals surface area contributed by atoms with Gasteiger partial charge >= 0.3 is 0 Å². The van der Waals surface area contributed by atoms with E-state index in [1.807, 2.05) is 11.1 Å². The summed E-state index contributed by atoms with van der Waals surface area (Å²) in [6, 6.07) is 0. The fraction of sp³-hybridized carbons (Fsp3) is 0.556. The van der Waals surface area contributed by atoms with Gasteiger partial charge in [-0.05, 0) is 7.05 Å². The minimum atomic E-state index is 0.141. The summed E-state index contributed by atoms with van der Waals surface area (Å²) in [6.07, 6.45) is 3.73. The van der Waals surface area contributed by atoms with E-state index >= 15 is 0 Å². The maximum atomic E-state index is 11.6. The lowest BCUT2D eigenvalue weighted by molar-refractivity contribution is -0.131.